The number of aryl methyl sites for hydroxylation is 3. The lowest BCUT2D eigenvalue weighted by molar-refractivity contribution is 0.0928. The molecule has 0 fully saturated rings. The minimum Gasteiger partial charge on any atom is -0.383 e. The fourth-order valence-electron chi connectivity index (χ4n) is 2.76. The Morgan fingerprint density at radius 1 is 1.33 bits per heavy atom. The lowest BCUT2D eigenvalue weighted by Gasteiger charge is -2.09. The summed E-state index contributed by atoms with van der Waals surface area (Å²) in [5, 5.41) is 4.09. The highest BCUT2D eigenvalue weighted by Crippen LogP contribution is 2.27. The zero-order chi connectivity index (χ0) is 15.4. The van der Waals surface area contributed by atoms with Crippen LogP contribution in [0.3, 0.4) is 0 Å². The number of hydrogen-bond acceptors (Lipinski definition) is 2. The predicted molar refractivity (Wildman–Crippen MR) is 85.9 cm³/mol. The molecule has 1 heterocycles. The lowest BCUT2D eigenvalue weighted by atomic mass is 10.1. The van der Waals surface area contributed by atoms with Gasteiger partial charge in [0.25, 0.3) is 5.91 Å². The number of nitrogens with zero attached hydrogens (tertiary/aromatic N) is 1. The lowest BCUT2D eigenvalue weighted by Crippen LogP contribution is -2.29. The van der Waals surface area contributed by atoms with E-state index < -0.39 is 0 Å². The molecule has 0 bridgehead atoms. The molecule has 1 N–H and O–H groups in total. The van der Waals surface area contributed by atoms with Crippen LogP contribution in [0.25, 0.3) is 10.9 Å². The van der Waals surface area contributed by atoms with Crippen LogP contribution in [0, 0.1) is 6.92 Å². The molecule has 4 heteroatoms. The summed E-state index contributed by atoms with van der Waals surface area (Å²) in [6.45, 7) is 8.07. The van der Waals surface area contributed by atoms with Crippen molar-refractivity contribution in [2.45, 2.75) is 33.7 Å². The second-order valence-electron chi connectivity index (χ2n) is 5.17. The monoisotopic (exact) mass is 288 g/mol. The van der Waals surface area contributed by atoms with Crippen LogP contribution in [0.1, 0.15) is 35.5 Å². The molecule has 4 nitrogen and oxygen atoms in total. The number of aromatic nitrogens is 1. The maximum absolute atomic E-state index is 12.5. The Kier molecular flexibility index (Phi) is 5.02. The third-order valence-corrected chi connectivity index (χ3v) is 3.91. The molecule has 0 unspecified atom stereocenters. The van der Waals surface area contributed by atoms with Crippen LogP contribution in [0.15, 0.2) is 18.2 Å². The highest BCUT2D eigenvalue weighted by Gasteiger charge is 2.19. The Hall–Kier alpha value is -1.81. The molecular weight excluding hydrogens is 264 g/mol. The third-order valence-electron chi connectivity index (χ3n) is 3.91. The van der Waals surface area contributed by atoms with Crippen molar-refractivity contribution in [1.29, 1.82) is 0 Å². The Bertz CT molecular complexity index is 644. The second kappa shape index (κ2) is 6.76. The van der Waals surface area contributed by atoms with E-state index in [1.54, 1.807) is 7.11 Å². The maximum Gasteiger partial charge on any atom is 0.268 e. The first-order chi connectivity index (χ1) is 10.1. The predicted octanol–water partition coefficient (Wildman–Crippen LogP) is 2.91. The molecular formula is C17H24N2O2. The number of fused-ring (bicyclic) bond motifs is 1. The second-order valence-corrected chi connectivity index (χ2v) is 5.17. The van der Waals surface area contributed by atoms with Crippen LogP contribution in [0.4, 0.5) is 0 Å². The number of amides is 1. The smallest absolute Gasteiger partial charge is 0.268 e. The third kappa shape index (κ3) is 2.95. The minimum absolute atomic E-state index is 0.0272. The van der Waals surface area contributed by atoms with Gasteiger partial charge in [-0.2, -0.15) is 0 Å². The van der Waals surface area contributed by atoms with Crippen molar-refractivity contribution >= 4 is 16.8 Å². The molecule has 0 spiro atoms. The fraction of sp³-hybridized carbons (Fsp3) is 0.471. The van der Waals surface area contributed by atoms with Gasteiger partial charge in [-0.1, -0.05) is 13.0 Å². The Morgan fingerprint density at radius 3 is 2.71 bits per heavy atom. The average molecular weight is 288 g/mol. The van der Waals surface area contributed by atoms with Gasteiger partial charge in [0.15, 0.2) is 0 Å². The van der Waals surface area contributed by atoms with Gasteiger partial charge in [-0.05, 0) is 43.5 Å². The van der Waals surface area contributed by atoms with Crippen molar-refractivity contribution in [2.24, 2.45) is 0 Å². The fourth-order valence-corrected chi connectivity index (χ4v) is 2.76. The minimum atomic E-state index is -0.0272. The van der Waals surface area contributed by atoms with Crippen LogP contribution >= 0.6 is 0 Å². The standard InChI is InChI=1S/C17H24N2O2/c1-5-13-7-8-15-14(11-13)12(3)16(19(15)6-2)17(20)18-9-10-21-4/h7-8,11H,5-6,9-10H2,1-4H3,(H,18,20). The molecule has 1 amide bonds. The molecule has 0 aliphatic heterocycles. The first-order valence-corrected chi connectivity index (χ1v) is 7.52. The van der Waals surface area contributed by atoms with Crippen molar-refractivity contribution in [2.75, 3.05) is 20.3 Å². The normalized spacial score (nSPS) is 11.0. The van der Waals surface area contributed by atoms with Gasteiger partial charge >= 0.3 is 0 Å². The van der Waals surface area contributed by atoms with E-state index in [2.05, 4.69) is 41.9 Å². The van der Waals surface area contributed by atoms with Gasteiger partial charge in [-0.3, -0.25) is 4.79 Å². The number of carbonyl (C=O) groups excluding carboxylic acids is 1. The van der Waals surface area contributed by atoms with Gasteiger partial charge in [0.2, 0.25) is 0 Å². The molecule has 2 aromatic rings. The number of ether oxygens (including phenoxy) is 1. The van der Waals surface area contributed by atoms with Crippen molar-refractivity contribution in [3.8, 4) is 0 Å². The SMILES string of the molecule is CCc1ccc2c(c1)c(C)c(C(=O)NCCOC)n2CC. The number of nitrogens with one attached hydrogen (secondary N) is 1. The van der Waals surface area contributed by atoms with Crippen molar-refractivity contribution < 1.29 is 9.53 Å². The van der Waals surface area contributed by atoms with Crippen LogP contribution in [-0.2, 0) is 17.7 Å². The summed E-state index contributed by atoms with van der Waals surface area (Å²) >= 11 is 0. The molecule has 0 radical (unpaired) electrons. The number of methoxy groups -OCH3 is 1. The van der Waals surface area contributed by atoms with E-state index in [0.29, 0.717) is 13.2 Å². The molecule has 114 valence electrons. The first kappa shape index (κ1) is 15.6. The van der Waals surface area contributed by atoms with Gasteiger partial charge in [0.1, 0.15) is 5.69 Å². The Balaban J connectivity index is 2.47. The van der Waals surface area contributed by atoms with Crippen molar-refractivity contribution in [3.63, 3.8) is 0 Å². The van der Waals surface area contributed by atoms with E-state index in [9.17, 15) is 4.79 Å². The van der Waals surface area contributed by atoms with Gasteiger partial charge in [0, 0.05) is 31.1 Å². The van der Waals surface area contributed by atoms with E-state index in [-0.39, 0.29) is 5.91 Å². The van der Waals surface area contributed by atoms with Crippen molar-refractivity contribution in [3.05, 3.63) is 35.0 Å². The molecule has 21 heavy (non-hydrogen) atoms. The number of rotatable bonds is 6. The van der Waals surface area contributed by atoms with Crippen LogP contribution in [0.2, 0.25) is 0 Å². The summed E-state index contributed by atoms with van der Waals surface area (Å²) in [7, 11) is 1.63. The molecule has 1 aromatic heterocycles. The van der Waals surface area contributed by atoms with Crippen LogP contribution in [-0.4, -0.2) is 30.7 Å². The average Bonchev–Trinajstić information content (AvgIpc) is 2.79. The molecule has 0 aliphatic carbocycles. The largest absolute Gasteiger partial charge is 0.383 e. The summed E-state index contributed by atoms with van der Waals surface area (Å²) in [5.41, 5.74) is 4.24. The molecule has 0 saturated heterocycles. The van der Waals surface area contributed by atoms with E-state index in [1.807, 2.05) is 6.92 Å². The van der Waals surface area contributed by atoms with E-state index in [4.69, 9.17) is 4.74 Å². The quantitative estimate of drug-likeness (QED) is 0.831. The summed E-state index contributed by atoms with van der Waals surface area (Å²) in [4.78, 5) is 12.5. The van der Waals surface area contributed by atoms with Crippen molar-refractivity contribution in [1.82, 2.24) is 9.88 Å². The van der Waals surface area contributed by atoms with E-state index >= 15 is 0 Å². The van der Waals surface area contributed by atoms with Crippen LogP contribution < -0.4 is 5.32 Å². The van der Waals surface area contributed by atoms with Gasteiger partial charge in [-0.15, -0.1) is 0 Å². The van der Waals surface area contributed by atoms with Gasteiger partial charge < -0.3 is 14.6 Å². The summed E-state index contributed by atoms with van der Waals surface area (Å²) < 4.78 is 7.07. The van der Waals surface area contributed by atoms with Gasteiger partial charge in [-0.25, -0.2) is 0 Å². The molecule has 0 atom stereocenters. The molecule has 0 saturated carbocycles. The summed E-state index contributed by atoms with van der Waals surface area (Å²) in [6.07, 6.45) is 1.00. The number of carbonyl (C=O) groups is 1. The number of hydrogen-bond donors (Lipinski definition) is 1. The Morgan fingerprint density at radius 2 is 2.10 bits per heavy atom. The summed E-state index contributed by atoms with van der Waals surface area (Å²) in [5.74, 6) is -0.0272. The highest BCUT2D eigenvalue weighted by atomic mass is 16.5. The van der Waals surface area contributed by atoms with Gasteiger partial charge in [0.05, 0.1) is 6.61 Å². The highest BCUT2D eigenvalue weighted by molar-refractivity contribution is 6.01. The molecule has 0 aliphatic rings. The molecule has 2 rings (SSSR count). The topological polar surface area (TPSA) is 43.3 Å². The zero-order valence-corrected chi connectivity index (χ0v) is 13.3. The zero-order valence-electron chi connectivity index (χ0n) is 13.3. The Labute approximate surface area is 126 Å². The molecule has 1 aromatic carbocycles. The first-order valence-electron chi connectivity index (χ1n) is 7.52. The van der Waals surface area contributed by atoms with E-state index in [0.717, 1.165) is 29.7 Å². The maximum atomic E-state index is 12.5. The number of benzene rings is 1. The summed E-state index contributed by atoms with van der Waals surface area (Å²) in [6, 6.07) is 6.46. The van der Waals surface area contributed by atoms with Crippen LogP contribution in [0.5, 0.6) is 0 Å². The van der Waals surface area contributed by atoms with E-state index in [1.165, 1.54) is 10.9 Å².